The maximum atomic E-state index is 6.24. The standard InChI is InChI=1S/C15H10ClN5/c16-10-5-6-12(13-9(10)3-1-7-18-13)21-14-11(20-15(21)17)4-2-8-19-14/h1-8H,(H2,17,20). The molecule has 0 aliphatic heterocycles. The Kier molecular flexibility index (Phi) is 2.55. The highest BCUT2D eigenvalue weighted by atomic mass is 35.5. The number of hydrogen-bond donors (Lipinski definition) is 1. The second-order valence-electron chi connectivity index (χ2n) is 4.62. The first-order valence-electron chi connectivity index (χ1n) is 6.38. The average molecular weight is 296 g/mol. The smallest absolute Gasteiger partial charge is 0.207 e. The molecule has 0 saturated carbocycles. The molecule has 0 radical (unpaired) electrons. The van der Waals surface area contributed by atoms with Crippen LogP contribution in [0.2, 0.25) is 5.02 Å². The molecule has 0 atom stereocenters. The largest absolute Gasteiger partial charge is 0.369 e. The minimum atomic E-state index is 0.373. The van der Waals surface area contributed by atoms with Crippen LogP contribution in [0.4, 0.5) is 5.95 Å². The van der Waals surface area contributed by atoms with Crippen LogP contribution in [0, 0.1) is 0 Å². The van der Waals surface area contributed by atoms with Crippen LogP contribution >= 0.6 is 11.6 Å². The third-order valence-electron chi connectivity index (χ3n) is 3.38. The molecule has 0 spiro atoms. The van der Waals surface area contributed by atoms with E-state index in [0.717, 1.165) is 22.1 Å². The SMILES string of the molecule is Nc1nc2cccnc2n1-c1ccc(Cl)c2cccnc12. The quantitative estimate of drug-likeness (QED) is 0.585. The van der Waals surface area contributed by atoms with Crippen molar-refractivity contribution in [1.82, 2.24) is 19.5 Å². The molecule has 5 nitrogen and oxygen atoms in total. The van der Waals surface area contributed by atoms with Gasteiger partial charge in [-0.1, -0.05) is 11.6 Å². The number of rotatable bonds is 1. The molecule has 3 aromatic heterocycles. The van der Waals surface area contributed by atoms with Gasteiger partial charge in [-0.15, -0.1) is 0 Å². The van der Waals surface area contributed by atoms with Crippen LogP contribution in [0.15, 0.2) is 48.8 Å². The minimum absolute atomic E-state index is 0.373. The average Bonchev–Trinajstić information content (AvgIpc) is 2.84. The first kappa shape index (κ1) is 12.1. The van der Waals surface area contributed by atoms with Crippen molar-refractivity contribution in [2.24, 2.45) is 0 Å². The molecule has 102 valence electrons. The van der Waals surface area contributed by atoms with Crippen molar-refractivity contribution in [2.45, 2.75) is 0 Å². The summed E-state index contributed by atoms with van der Waals surface area (Å²) < 4.78 is 1.79. The van der Waals surface area contributed by atoms with E-state index in [1.54, 1.807) is 17.0 Å². The van der Waals surface area contributed by atoms with Gasteiger partial charge in [-0.2, -0.15) is 0 Å². The Morgan fingerprint density at radius 3 is 2.71 bits per heavy atom. The van der Waals surface area contributed by atoms with E-state index in [0.29, 0.717) is 16.6 Å². The van der Waals surface area contributed by atoms with E-state index >= 15 is 0 Å². The fraction of sp³-hybridized carbons (Fsp3) is 0. The van der Waals surface area contributed by atoms with Gasteiger partial charge in [-0.05, 0) is 36.4 Å². The van der Waals surface area contributed by atoms with Crippen LogP contribution in [-0.4, -0.2) is 19.5 Å². The number of fused-ring (bicyclic) bond motifs is 2. The Balaban J connectivity index is 2.15. The molecule has 4 rings (SSSR count). The van der Waals surface area contributed by atoms with Gasteiger partial charge in [0.1, 0.15) is 5.52 Å². The zero-order valence-electron chi connectivity index (χ0n) is 10.9. The number of nitrogens with two attached hydrogens (primary N) is 1. The van der Waals surface area contributed by atoms with E-state index in [2.05, 4.69) is 15.0 Å². The molecule has 0 bridgehead atoms. The molecule has 2 N–H and O–H groups in total. The minimum Gasteiger partial charge on any atom is -0.369 e. The van der Waals surface area contributed by atoms with Gasteiger partial charge in [0, 0.05) is 17.8 Å². The Hall–Kier alpha value is -2.66. The fourth-order valence-electron chi connectivity index (χ4n) is 2.47. The molecule has 0 aliphatic carbocycles. The van der Waals surface area contributed by atoms with Gasteiger partial charge in [-0.25, -0.2) is 9.97 Å². The van der Waals surface area contributed by atoms with E-state index in [-0.39, 0.29) is 0 Å². The lowest BCUT2D eigenvalue weighted by atomic mass is 10.2. The molecule has 3 heterocycles. The molecular formula is C15H10ClN5. The van der Waals surface area contributed by atoms with Crippen molar-refractivity contribution in [3.8, 4) is 5.69 Å². The van der Waals surface area contributed by atoms with E-state index < -0.39 is 0 Å². The van der Waals surface area contributed by atoms with Gasteiger partial charge in [0.05, 0.1) is 16.2 Å². The lowest BCUT2D eigenvalue weighted by Gasteiger charge is -2.09. The topological polar surface area (TPSA) is 69.6 Å². The number of hydrogen-bond acceptors (Lipinski definition) is 4. The van der Waals surface area contributed by atoms with Gasteiger partial charge in [-0.3, -0.25) is 9.55 Å². The number of halogens is 1. The number of imidazole rings is 1. The van der Waals surface area contributed by atoms with Crippen LogP contribution in [0.25, 0.3) is 27.8 Å². The number of nitrogen functional groups attached to an aromatic ring is 1. The first-order chi connectivity index (χ1) is 10.3. The van der Waals surface area contributed by atoms with Crippen LogP contribution in [0.5, 0.6) is 0 Å². The van der Waals surface area contributed by atoms with Crippen molar-refractivity contribution < 1.29 is 0 Å². The number of aromatic nitrogens is 4. The van der Waals surface area contributed by atoms with Gasteiger partial charge >= 0.3 is 0 Å². The first-order valence-corrected chi connectivity index (χ1v) is 6.76. The summed E-state index contributed by atoms with van der Waals surface area (Å²) >= 11 is 6.24. The third kappa shape index (κ3) is 1.75. The highest BCUT2D eigenvalue weighted by Crippen LogP contribution is 2.30. The zero-order chi connectivity index (χ0) is 14.4. The van der Waals surface area contributed by atoms with Gasteiger partial charge in [0.15, 0.2) is 5.65 Å². The molecule has 0 unspecified atom stereocenters. The van der Waals surface area contributed by atoms with Crippen LogP contribution in [-0.2, 0) is 0 Å². The molecule has 4 aromatic rings. The van der Waals surface area contributed by atoms with Gasteiger partial charge < -0.3 is 5.73 Å². The monoisotopic (exact) mass is 295 g/mol. The van der Waals surface area contributed by atoms with E-state index in [1.165, 1.54) is 0 Å². The highest BCUT2D eigenvalue weighted by Gasteiger charge is 2.14. The summed E-state index contributed by atoms with van der Waals surface area (Å²) in [7, 11) is 0. The summed E-state index contributed by atoms with van der Waals surface area (Å²) in [5.74, 6) is 0.373. The lowest BCUT2D eigenvalue weighted by Crippen LogP contribution is -2.03. The number of nitrogens with zero attached hydrogens (tertiary/aromatic N) is 4. The zero-order valence-corrected chi connectivity index (χ0v) is 11.6. The second kappa shape index (κ2) is 4.43. The van der Waals surface area contributed by atoms with Crippen molar-refractivity contribution in [1.29, 1.82) is 0 Å². The van der Waals surface area contributed by atoms with Crippen LogP contribution in [0.1, 0.15) is 0 Å². The van der Waals surface area contributed by atoms with E-state index in [1.807, 2.05) is 36.4 Å². The van der Waals surface area contributed by atoms with Crippen molar-refractivity contribution in [3.05, 3.63) is 53.8 Å². The number of anilines is 1. The van der Waals surface area contributed by atoms with E-state index in [4.69, 9.17) is 17.3 Å². The summed E-state index contributed by atoms with van der Waals surface area (Å²) in [6.45, 7) is 0. The molecule has 0 fully saturated rings. The third-order valence-corrected chi connectivity index (χ3v) is 3.71. The predicted molar refractivity (Wildman–Crippen MR) is 83.6 cm³/mol. The fourth-order valence-corrected chi connectivity index (χ4v) is 2.69. The Morgan fingerprint density at radius 2 is 1.81 bits per heavy atom. The van der Waals surface area contributed by atoms with Crippen LogP contribution in [0.3, 0.4) is 0 Å². The van der Waals surface area contributed by atoms with Crippen LogP contribution < -0.4 is 5.73 Å². The lowest BCUT2D eigenvalue weighted by molar-refractivity contribution is 1.09. The van der Waals surface area contributed by atoms with Gasteiger partial charge in [0.2, 0.25) is 5.95 Å². The Bertz CT molecular complexity index is 976. The molecule has 1 aromatic carbocycles. The molecule has 0 aliphatic rings. The summed E-state index contributed by atoms with van der Waals surface area (Å²) in [6.07, 6.45) is 3.44. The Morgan fingerprint density at radius 1 is 1.00 bits per heavy atom. The summed E-state index contributed by atoms with van der Waals surface area (Å²) in [5.41, 5.74) is 9.09. The maximum absolute atomic E-state index is 6.24. The summed E-state index contributed by atoms with van der Waals surface area (Å²) in [6, 6.07) is 11.2. The number of pyridine rings is 2. The maximum Gasteiger partial charge on any atom is 0.207 e. The Labute approximate surface area is 125 Å². The highest BCUT2D eigenvalue weighted by molar-refractivity contribution is 6.35. The number of benzene rings is 1. The van der Waals surface area contributed by atoms with E-state index in [9.17, 15) is 0 Å². The predicted octanol–water partition coefficient (Wildman–Crippen LogP) is 3.20. The van der Waals surface area contributed by atoms with Gasteiger partial charge in [0.25, 0.3) is 0 Å². The summed E-state index contributed by atoms with van der Waals surface area (Å²) in [4.78, 5) is 13.1. The molecular weight excluding hydrogens is 286 g/mol. The molecule has 21 heavy (non-hydrogen) atoms. The molecule has 6 heteroatoms. The van der Waals surface area contributed by atoms with Crippen molar-refractivity contribution in [2.75, 3.05) is 5.73 Å². The molecule has 0 amide bonds. The normalized spacial score (nSPS) is 11.3. The summed E-state index contributed by atoms with van der Waals surface area (Å²) in [5, 5.41) is 1.52. The molecule has 0 saturated heterocycles. The van der Waals surface area contributed by atoms with Crippen molar-refractivity contribution >= 4 is 39.6 Å². The second-order valence-corrected chi connectivity index (χ2v) is 5.02. The van der Waals surface area contributed by atoms with Crippen molar-refractivity contribution in [3.63, 3.8) is 0 Å².